The maximum atomic E-state index is 12.1. The normalized spacial score (nSPS) is 11.9. The minimum Gasteiger partial charge on any atom is -0.324 e. The Kier molecular flexibility index (Phi) is 5.39. The van der Waals surface area contributed by atoms with Gasteiger partial charge in [0.25, 0.3) is 0 Å². The molecule has 0 aliphatic carbocycles. The number of halogens is 2. The highest BCUT2D eigenvalue weighted by Gasteiger charge is 2.15. The van der Waals surface area contributed by atoms with Gasteiger partial charge >= 0.3 is 0 Å². The molecule has 0 saturated heterocycles. The Balaban J connectivity index is 2.01. The molecular formula is C15H14ClIN2O. The van der Waals surface area contributed by atoms with Crippen LogP contribution in [0.25, 0.3) is 0 Å². The van der Waals surface area contributed by atoms with E-state index in [1.165, 1.54) is 0 Å². The molecular weight excluding hydrogens is 387 g/mol. The molecule has 104 valence electrons. The van der Waals surface area contributed by atoms with Gasteiger partial charge in [-0.25, -0.2) is 0 Å². The van der Waals surface area contributed by atoms with Crippen LogP contribution in [-0.4, -0.2) is 11.9 Å². The summed E-state index contributed by atoms with van der Waals surface area (Å²) in [5.74, 6) is -0.200. The molecule has 0 saturated carbocycles. The molecule has 0 aliphatic heterocycles. The molecule has 0 heterocycles. The largest absolute Gasteiger partial charge is 0.324 e. The minimum absolute atomic E-state index is 0.200. The van der Waals surface area contributed by atoms with Crippen LogP contribution in [0.4, 0.5) is 5.69 Å². The Morgan fingerprint density at radius 2 is 1.95 bits per heavy atom. The SMILES string of the molecule is NC(Cc1ccccc1)C(=O)Nc1ccc(Cl)cc1I. The third kappa shape index (κ3) is 4.19. The van der Waals surface area contributed by atoms with E-state index in [2.05, 4.69) is 27.9 Å². The van der Waals surface area contributed by atoms with Crippen LogP contribution in [0.15, 0.2) is 48.5 Å². The van der Waals surface area contributed by atoms with Gasteiger partial charge in [0, 0.05) is 8.59 Å². The predicted molar refractivity (Wildman–Crippen MR) is 90.9 cm³/mol. The molecule has 3 nitrogen and oxygen atoms in total. The molecule has 0 fully saturated rings. The van der Waals surface area contributed by atoms with E-state index in [0.29, 0.717) is 11.4 Å². The van der Waals surface area contributed by atoms with Crippen LogP contribution in [0.2, 0.25) is 5.02 Å². The van der Waals surface area contributed by atoms with Crippen molar-refractivity contribution in [2.24, 2.45) is 5.73 Å². The summed E-state index contributed by atoms with van der Waals surface area (Å²) in [6.45, 7) is 0. The van der Waals surface area contributed by atoms with Gasteiger partial charge in [-0.15, -0.1) is 0 Å². The van der Waals surface area contributed by atoms with Crippen LogP contribution in [-0.2, 0) is 11.2 Å². The van der Waals surface area contributed by atoms with E-state index >= 15 is 0 Å². The third-order valence-electron chi connectivity index (χ3n) is 2.82. The topological polar surface area (TPSA) is 55.1 Å². The molecule has 20 heavy (non-hydrogen) atoms. The van der Waals surface area contributed by atoms with Crippen molar-refractivity contribution in [1.82, 2.24) is 0 Å². The lowest BCUT2D eigenvalue weighted by Gasteiger charge is -2.13. The van der Waals surface area contributed by atoms with Crippen LogP contribution in [0.1, 0.15) is 5.56 Å². The highest BCUT2D eigenvalue weighted by Crippen LogP contribution is 2.22. The number of amides is 1. The second kappa shape index (κ2) is 7.06. The summed E-state index contributed by atoms with van der Waals surface area (Å²) in [6, 6.07) is 14.4. The van der Waals surface area contributed by atoms with Gasteiger partial charge in [0.2, 0.25) is 5.91 Å². The van der Waals surface area contributed by atoms with Crippen molar-refractivity contribution >= 4 is 45.8 Å². The molecule has 2 aromatic rings. The zero-order valence-electron chi connectivity index (χ0n) is 10.6. The highest BCUT2D eigenvalue weighted by atomic mass is 127. The van der Waals surface area contributed by atoms with Gasteiger partial charge in [-0.05, 0) is 52.8 Å². The van der Waals surface area contributed by atoms with E-state index < -0.39 is 6.04 Å². The molecule has 0 aromatic heterocycles. The zero-order chi connectivity index (χ0) is 14.5. The van der Waals surface area contributed by atoms with Gasteiger partial charge in [0.15, 0.2) is 0 Å². The molecule has 0 spiro atoms. The molecule has 2 rings (SSSR count). The molecule has 0 aliphatic rings. The summed E-state index contributed by atoms with van der Waals surface area (Å²) in [5.41, 5.74) is 7.70. The first kappa shape index (κ1) is 15.3. The Morgan fingerprint density at radius 1 is 1.25 bits per heavy atom. The van der Waals surface area contributed by atoms with Gasteiger partial charge in [-0.3, -0.25) is 4.79 Å². The van der Waals surface area contributed by atoms with Crippen molar-refractivity contribution in [3.63, 3.8) is 0 Å². The average molecular weight is 401 g/mol. The maximum Gasteiger partial charge on any atom is 0.241 e. The maximum absolute atomic E-state index is 12.1. The Morgan fingerprint density at radius 3 is 2.60 bits per heavy atom. The number of carbonyl (C=O) groups excluding carboxylic acids is 1. The number of benzene rings is 2. The summed E-state index contributed by atoms with van der Waals surface area (Å²) in [5, 5.41) is 3.47. The molecule has 3 N–H and O–H groups in total. The minimum atomic E-state index is -0.580. The lowest BCUT2D eigenvalue weighted by Crippen LogP contribution is -2.37. The van der Waals surface area contributed by atoms with Crippen molar-refractivity contribution < 1.29 is 4.79 Å². The summed E-state index contributed by atoms with van der Waals surface area (Å²) in [7, 11) is 0. The van der Waals surface area contributed by atoms with Crippen molar-refractivity contribution in [2.45, 2.75) is 12.5 Å². The number of hydrogen-bond acceptors (Lipinski definition) is 2. The fourth-order valence-corrected chi connectivity index (χ4v) is 2.78. The number of rotatable bonds is 4. The third-order valence-corrected chi connectivity index (χ3v) is 3.95. The predicted octanol–water partition coefficient (Wildman–Crippen LogP) is 3.45. The lowest BCUT2D eigenvalue weighted by molar-refractivity contribution is -0.117. The zero-order valence-corrected chi connectivity index (χ0v) is 13.6. The second-order valence-corrected chi connectivity index (χ2v) is 6.01. The fraction of sp³-hybridized carbons (Fsp3) is 0.133. The van der Waals surface area contributed by atoms with E-state index in [1.54, 1.807) is 18.2 Å². The molecule has 0 radical (unpaired) electrons. The van der Waals surface area contributed by atoms with Crippen LogP contribution in [0.5, 0.6) is 0 Å². The van der Waals surface area contributed by atoms with Crippen molar-refractivity contribution in [3.8, 4) is 0 Å². The van der Waals surface area contributed by atoms with Crippen LogP contribution in [0.3, 0.4) is 0 Å². The average Bonchev–Trinajstić information content (AvgIpc) is 2.43. The summed E-state index contributed by atoms with van der Waals surface area (Å²) in [6.07, 6.45) is 0.511. The van der Waals surface area contributed by atoms with E-state index in [1.807, 2.05) is 30.3 Å². The number of nitrogens with one attached hydrogen (secondary N) is 1. The lowest BCUT2D eigenvalue weighted by atomic mass is 10.1. The van der Waals surface area contributed by atoms with E-state index in [-0.39, 0.29) is 5.91 Å². The number of carbonyl (C=O) groups is 1. The first-order valence-corrected chi connectivity index (χ1v) is 7.57. The highest BCUT2D eigenvalue weighted by molar-refractivity contribution is 14.1. The summed E-state index contributed by atoms with van der Waals surface area (Å²) < 4.78 is 0.885. The Labute approximate surface area is 136 Å². The summed E-state index contributed by atoms with van der Waals surface area (Å²) >= 11 is 8.01. The van der Waals surface area contributed by atoms with Crippen molar-refractivity contribution in [1.29, 1.82) is 0 Å². The molecule has 1 atom stereocenters. The number of anilines is 1. The fourth-order valence-electron chi connectivity index (χ4n) is 1.78. The van der Waals surface area contributed by atoms with Crippen LogP contribution < -0.4 is 11.1 Å². The monoisotopic (exact) mass is 400 g/mol. The van der Waals surface area contributed by atoms with Crippen LogP contribution in [0, 0.1) is 3.57 Å². The first-order chi connectivity index (χ1) is 9.56. The van der Waals surface area contributed by atoms with Gasteiger partial charge in [-0.1, -0.05) is 41.9 Å². The first-order valence-electron chi connectivity index (χ1n) is 6.11. The smallest absolute Gasteiger partial charge is 0.241 e. The Bertz CT molecular complexity index is 604. The van der Waals surface area contributed by atoms with Gasteiger partial charge < -0.3 is 11.1 Å². The van der Waals surface area contributed by atoms with E-state index in [4.69, 9.17) is 17.3 Å². The van der Waals surface area contributed by atoms with Crippen LogP contribution >= 0.6 is 34.2 Å². The molecule has 0 bridgehead atoms. The quantitative estimate of drug-likeness (QED) is 0.772. The molecule has 2 aromatic carbocycles. The van der Waals surface area contributed by atoms with Crippen molar-refractivity contribution in [3.05, 3.63) is 62.7 Å². The Hall–Kier alpha value is -1.11. The number of nitrogens with two attached hydrogens (primary N) is 1. The summed E-state index contributed by atoms with van der Waals surface area (Å²) in [4.78, 5) is 12.1. The molecule has 1 unspecified atom stereocenters. The van der Waals surface area contributed by atoms with Gasteiger partial charge in [0.1, 0.15) is 0 Å². The van der Waals surface area contributed by atoms with Gasteiger partial charge in [-0.2, -0.15) is 0 Å². The molecule has 1 amide bonds. The van der Waals surface area contributed by atoms with E-state index in [9.17, 15) is 4.79 Å². The molecule has 5 heteroatoms. The van der Waals surface area contributed by atoms with Crippen molar-refractivity contribution in [2.75, 3.05) is 5.32 Å². The van der Waals surface area contributed by atoms with Gasteiger partial charge in [0.05, 0.1) is 11.7 Å². The second-order valence-electron chi connectivity index (χ2n) is 4.41. The van der Waals surface area contributed by atoms with E-state index in [0.717, 1.165) is 14.8 Å². The number of hydrogen-bond donors (Lipinski definition) is 2. The standard InChI is InChI=1S/C15H14ClIN2O/c16-11-6-7-14(12(17)9-11)19-15(20)13(18)8-10-4-2-1-3-5-10/h1-7,9,13H,8,18H2,(H,19,20).